The third-order valence-electron chi connectivity index (χ3n) is 4.78. The van der Waals surface area contributed by atoms with E-state index >= 15 is 0 Å². The van der Waals surface area contributed by atoms with Crippen LogP contribution in [0.2, 0.25) is 0 Å². The van der Waals surface area contributed by atoms with Gasteiger partial charge in [-0.3, -0.25) is 9.69 Å². The highest BCUT2D eigenvalue weighted by Crippen LogP contribution is 2.18. The van der Waals surface area contributed by atoms with Gasteiger partial charge in [0.2, 0.25) is 5.91 Å². The first-order chi connectivity index (χ1) is 12.2. The van der Waals surface area contributed by atoms with Crippen molar-refractivity contribution in [3.05, 3.63) is 54.0 Å². The van der Waals surface area contributed by atoms with Crippen molar-refractivity contribution >= 4 is 5.91 Å². The molecule has 0 saturated carbocycles. The summed E-state index contributed by atoms with van der Waals surface area (Å²) in [6.45, 7) is 3.76. The maximum atomic E-state index is 12.1. The van der Waals surface area contributed by atoms with Crippen molar-refractivity contribution in [2.45, 2.75) is 25.8 Å². The largest absolute Gasteiger partial charge is 0.497 e. The number of rotatable bonds is 7. The van der Waals surface area contributed by atoms with Crippen LogP contribution in [-0.4, -0.2) is 37.6 Å². The number of nitrogens with one attached hydrogen (secondary N) is 1. The molecule has 0 radical (unpaired) electrons. The molecule has 0 atom stereocenters. The Morgan fingerprint density at radius 2 is 2.00 bits per heavy atom. The summed E-state index contributed by atoms with van der Waals surface area (Å²) in [7, 11) is 1.64. The van der Waals surface area contributed by atoms with Gasteiger partial charge in [-0.25, -0.2) is 0 Å². The second kappa shape index (κ2) is 8.72. The smallest absolute Gasteiger partial charge is 0.224 e. The second-order valence-corrected chi connectivity index (χ2v) is 6.63. The van der Waals surface area contributed by atoms with E-state index in [0.29, 0.717) is 12.3 Å². The van der Waals surface area contributed by atoms with Crippen LogP contribution in [0.25, 0.3) is 0 Å². The number of piperidine rings is 1. The summed E-state index contributed by atoms with van der Waals surface area (Å²) in [4.78, 5) is 14.5. The van der Waals surface area contributed by atoms with Gasteiger partial charge in [-0.1, -0.05) is 12.1 Å². The Kier molecular flexibility index (Phi) is 6.12. The number of hydrogen-bond donors (Lipinski definition) is 1. The molecule has 134 valence electrons. The number of hydrogen-bond acceptors (Lipinski definition) is 4. The molecular formula is C20H26N2O3. The summed E-state index contributed by atoms with van der Waals surface area (Å²) in [5.74, 6) is 2.48. The van der Waals surface area contributed by atoms with Crippen molar-refractivity contribution in [1.82, 2.24) is 10.2 Å². The van der Waals surface area contributed by atoms with Gasteiger partial charge in [0, 0.05) is 6.54 Å². The molecule has 0 spiro atoms. The molecule has 3 rings (SSSR count). The number of ether oxygens (including phenoxy) is 1. The Hall–Kier alpha value is -2.27. The van der Waals surface area contributed by atoms with E-state index in [0.717, 1.165) is 56.1 Å². The maximum absolute atomic E-state index is 12.1. The fraction of sp³-hybridized carbons (Fsp3) is 0.450. The van der Waals surface area contributed by atoms with E-state index in [9.17, 15) is 4.79 Å². The van der Waals surface area contributed by atoms with E-state index in [-0.39, 0.29) is 5.91 Å². The van der Waals surface area contributed by atoms with Gasteiger partial charge in [0.05, 0.1) is 26.3 Å². The number of furan rings is 1. The van der Waals surface area contributed by atoms with Crippen molar-refractivity contribution in [2.24, 2.45) is 5.92 Å². The summed E-state index contributed by atoms with van der Waals surface area (Å²) >= 11 is 0. The van der Waals surface area contributed by atoms with Crippen molar-refractivity contribution in [3.8, 4) is 5.75 Å². The number of likely N-dealkylation sites (tertiary alicyclic amines) is 1. The molecule has 1 aliphatic heterocycles. The zero-order valence-electron chi connectivity index (χ0n) is 14.7. The van der Waals surface area contributed by atoms with Crippen LogP contribution < -0.4 is 10.1 Å². The normalized spacial score (nSPS) is 15.9. The maximum Gasteiger partial charge on any atom is 0.224 e. The summed E-state index contributed by atoms with van der Waals surface area (Å²) < 4.78 is 10.5. The minimum absolute atomic E-state index is 0.0863. The highest BCUT2D eigenvalue weighted by atomic mass is 16.5. The number of carbonyl (C=O) groups is 1. The van der Waals surface area contributed by atoms with Gasteiger partial charge in [0.1, 0.15) is 11.5 Å². The molecular weight excluding hydrogens is 316 g/mol. The van der Waals surface area contributed by atoms with Crippen LogP contribution in [0.4, 0.5) is 0 Å². The summed E-state index contributed by atoms with van der Waals surface area (Å²) in [5, 5.41) is 3.08. The van der Waals surface area contributed by atoms with E-state index in [1.807, 2.05) is 36.4 Å². The molecule has 5 heteroatoms. The SMILES string of the molecule is COc1ccc(CC(=O)NCC2CCN(Cc3ccco3)CC2)cc1. The third kappa shape index (κ3) is 5.36. The van der Waals surface area contributed by atoms with Crippen molar-refractivity contribution < 1.29 is 13.9 Å². The monoisotopic (exact) mass is 342 g/mol. The van der Waals surface area contributed by atoms with Gasteiger partial charge in [-0.15, -0.1) is 0 Å². The quantitative estimate of drug-likeness (QED) is 0.841. The fourth-order valence-corrected chi connectivity index (χ4v) is 3.22. The van der Waals surface area contributed by atoms with Gasteiger partial charge >= 0.3 is 0 Å². The minimum Gasteiger partial charge on any atom is -0.497 e. The highest BCUT2D eigenvalue weighted by molar-refractivity contribution is 5.78. The van der Waals surface area contributed by atoms with Crippen LogP contribution in [0.5, 0.6) is 5.75 Å². The summed E-state index contributed by atoms with van der Waals surface area (Å²) in [6, 6.07) is 11.6. The van der Waals surface area contributed by atoms with Crippen LogP contribution in [0.15, 0.2) is 47.1 Å². The lowest BCUT2D eigenvalue weighted by molar-refractivity contribution is -0.120. The van der Waals surface area contributed by atoms with Crippen molar-refractivity contribution in [2.75, 3.05) is 26.7 Å². The Morgan fingerprint density at radius 3 is 2.64 bits per heavy atom. The third-order valence-corrected chi connectivity index (χ3v) is 4.78. The standard InChI is InChI=1S/C20H26N2O3/c1-24-18-6-4-16(5-7-18)13-20(23)21-14-17-8-10-22(11-9-17)15-19-3-2-12-25-19/h2-7,12,17H,8-11,13-15H2,1H3,(H,21,23). The van der Waals surface area contributed by atoms with E-state index in [2.05, 4.69) is 10.2 Å². The topological polar surface area (TPSA) is 54.7 Å². The molecule has 0 unspecified atom stereocenters. The molecule has 2 aromatic rings. The van der Waals surface area contributed by atoms with Gasteiger partial charge in [0.15, 0.2) is 0 Å². The molecule has 1 fully saturated rings. The van der Waals surface area contributed by atoms with E-state index in [1.54, 1.807) is 13.4 Å². The molecule has 2 heterocycles. The molecule has 1 aromatic carbocycles. The molecule has 1 amide bonds. The van der Waals surface area contributed by atoms with Crippen LogP contribution >= 0.6 is 0 Å². The number of amides is 1. The molecule has 1 aromatic heterocycles. The van der Waals surface area contributed by atoms with Gasteiger partial charge in [-0.05, 0) is 61.7 Å². The first kappa shape index (κ1) is 17.5. The lowest BCUT2D eigenvalue weighted by Gasteiger charge is -2.31. The van der Waals surface area contributed by atoms with Crippen LogP contribution in [-0.2, 0) is 17.8 Å². The zero-order chi connectivity index (χ0) is 17.5. The zero-order valence-corrected chi connectivity index (χ0v) is 14.7. The number of benzene rings is 1. The number of carbonyl (C=O) groups excluding carboxylic acids is 1. The van der Waals surface area contributed by atoms with Crippen LogP contribution in [0, 0.1) is 5.92 Å². The predicted octanol–water partition coefficient (Wildman–Crippen LogP) is 2.86. The van der Waals surface area contributed by atoms with Crippen molar-refractivity contribution in [3.63, 3.8) is 0 Å². The van der Waals surface area contributed by atoms with Crippen molar-refractivity contribution in [1.29, 1.82) is 0 Å². The Morgan fingerprint density at radius 1 is 1.24 bits per heavy atom. The first-order valence-corrected chi connectivity index (χ1v) is 8.87. The second-order valence-electron chi connectivity index (χ2n) is 6.63. The summed E-state index contributed by atoms with van der Waals surface area (Å²) in [5.41, 5.74) is 1.01. The average molecular weight is 342 g/mol. The van der Waals surface area contributed by atoms with E-state index in [1.165, 1.54) is 0 Å². The van der Waals surface area contributed by atoms with Gasteiger partial charge in [0.25, 0.3) is 0 Å². The molecule has 0 aliphatic carbocycles. The molecule has 1 N–H and O–H groups in total. The fourth-order valence-electron chi connectivity index (χ4n) is 3.22. The predicted molar refractivity (Wildman–Crippen MR) is 96.4 cm³/mol. The van der Waals surface area contributed by atoms with E-state index in [4.69, 9.17) is 9.15 Å². The van der Waals surface area contributed by atoms with Crippen LogP contribution in [0.1, 0.15) is 24.2 Å². The average Bonchev–Trinajstić information content (AvgIpc) is 3.15. The van der Waals surface area contributed by atoms with Crippen LogP contribution in [0.3, 0.4) is 0 Å². The first-order valence-electron chi connectivity index (χ1n) is 8.87. The lowest BCUT2D eigenvalue weighted by atomic mass is 9.96. The van der Waals surface area contributed by atoms with Gasteiger partial charge < -0.3 is 14.5 Å². The summed E-state index contributed by atoms with van der Waals surface area (Å²) in [6.07, 6.45) is 4.37. The molecule has 5 nitrogen and oxygen atoms in total. The Bertz CT molecular complexity index is 644. The lowest BCUT2D eigenvalue weighted by Crippen LogP contribution is -2.38. The number of nitrogens with zero attached hydrogens (tertiary/aromatic N) is 1. The Balaban J connectivity index is 1.35. The molecule has 1 aliphatic rings. The van der Waals surface area contributed by atoms with E-state index < -0.39 is 0 Å². The molecule has 0 bridgehead atoms. The number of methoxy groups -OCH3 is 1. The molecule has 1 saturated heterocycles. The molecule has 25 heavy (non-hydrogen) atoms. The Labute approximate surface area is 149 Å². The minimum atomic E-state index is 0.0863. The van der Waals surface area contributed by atoms with Gasteiger partial charge in [-0.2, -0.15) is 0 Å². The highest BCUT2D eigenvalue weighted by Gasteiger charge is 2.20.